The monoisotopic (exact) mass is 528 g/mol. The van der Waals surface area contributed by atoms with Crippen molar-refractivity contribution < 1.29 is 14.4 Å². The fourth-order valence-corrected chi connectivity index (χ4v) is 5.00. The zero-order chi connectivity index (χ0) is 27.5. The van der Waals surface area contributed by atoms with Crippen molar-refractivity contribution in [3.8, 4) is 11.5 Å². The molecule has 2 aromatic rings. The molecule has 0 aliphatic carbocycles. The van der Waals surface area contributed by atoms with E-state index in [0.717, 1.165) is 70.3 Å². The van der Waals surface area contributed by atoms with Gasteiger partial charge in [-0.1, -0.05) is 13.8 Å². The van der Waals surface area contributed by atoms with E-state index in [9.17, 15) is 10.1 Å². The quantitative estimate of drug-likeness (QED) is 0.295. The maximum Gasteiger partial charge on any atom is 0.311 e. The number of nitro groups is 1. The Hall–Kier alpha value is -3.24. The van der Waals surface area contributed by atoms with Crippen LogP contribution in [-0.4, -0.2) is 94.4 Å². The zero-order valence-corrected chi connectivity index (χ0v) is 23.4. The lowest BCUT2D eigenvalue weighted by Gasteiger charge is -2.36. The molecule has 10 heteroatoms. The fourth-order valence-electron chi connectivity index (χ4n) is 5.00. The van der Waals surface area contributed by atoms with Crippen molar-refractivity contribution in [1.82, 2.24) is 9.80 Å². The molecule has 0 unspecified atom stereocenters. The third-order valence-corrected chi connectivity index (χ3v) is 7.13. The normalized spacial score (nSPS) is 16.5. The Morgan fingerprint density at radius 1 is 0.763 bits per heavy atom. The summed E-state index contributed by atoms with van der Waals surface area (Å²) in [5, 5.41) is 10.9. The van der Waals surface area contributed by atoms with Crippen LogP contribution in [0.5, 0.6) is 11.5 Å². The highest BCUT2D eigenvalue weighted by atomic mass is 16.6. The highest BCUT2D eigenvalue weighted by Crippen LogP contribution is 2.32. The second-order valence-electron chi connectivity index (χ2n) is 9.70. The molecule has 2 heterocycles. The van der Waals surface area contributed by atoms with Crippen LogP contribution in [0.1, 0.15) is 26.7 Å². The van der Waals surface area contributed by atoms with Gasteiger partial charge in [0.15, 0.2) is 5.75 Å². The largest absolute Gasteiger partial charge is 0.495 e. The first-order chi connectivity index (χ1) is 18.4. The molecular formula is C28H44N6O4. The van der Waals surface area contributed by atoms with E-state index in [1.165, 1.54) is 38.2 Å². The van der Waals surface area contributed by atoms with Crippen LogP contribution in [0.25, 0.3) is 0 Å². The number of rotatable bonds is 9. The van der Waals surface area contributed by atoms with Crippen LogP contribution in [0.2, 0.25) is 0 Å². The SMILES string of the molecule is CCCN1CCN(c2ccc(N)c(OC)c2)CC1.CCCN1CCN(c2ccc([N+](=O)[O-])c(OC)c2)CC1. The van der Waals surface area contributed by atoms with E-state index in [2.05, 4.69) is 39.5 Å². The van der Waals surface area contributed by atoms with Gasteiger partial charge in [-0.15, -0.1) is 0 Å². The summed E-state index contributed by atoms with van der Waals surface area (Å²) < 4.78 is 10.4. The number of nitrogens with zero attached hydrogens (tertiary/aromatic N) is 5. The molecule has 2 aromatic carbocycles. The first-order valence-corrected chi connectivity index (χ1v) is 13.6. The van der Waals surface area contributed by atoms with Gasteiger partial charge < -0.3 is 25.0 Å². The molecule has 0 atom stereocenters. The predicted octanol–water partition coefficient (Wildman–Crippen LogP) is 3.94. The average molecular weight is 529 g/mol. The lowest BCUT2D eigenvalue weighted by atomic mass is 10.2. The lowest BCUT2D eigenvalue weighted by molar-refractivity contribution is -0.385. The Balaban J connectivity index is 0.000000212. The number of anilines is 3. The maximum atomic E-state index is 10.9. The predicted molar refractivity (Wildman–Crippen MR) is 155 cm³/mol. The van der Waals surface area contributed by atoms with E-state index in [4.69, 9.17) is 15.2 Å². The summed E-state index contributed by atoms with van der Waals surface area (Å²) in [6, 6.07) is 11.1. The summed E-state index contributed by atoms with van der Waals surface area (Å²) in [6.07, 6.45) is 2.40. The molecule has 2 N–H and O–H groups in total. The van der Waals surface area contributed by atoms with Gasteiger partial charge in [-0.05, 0) is 44.1 Å². The number of ether oxygens (including phenoxy) is 2. The van der Waals surface area contributed by atoms with Gasteiger partial charge in [0, 0.05) is 81.9 Å². The van der Waals surface area contributed by atoms with Gasteiger partial charge in [0.1, 0.15) is 5.75 Å². The smallest absolute Gasteiger partial charge is 0.311 e. The van der Waals surface area contributed by atoms with Gasteiger partial charge in [-0.2, -0.15) is 0 Å². The third-order valence-electron chi connectivity index (χ3n) is 7.13. The van der Waals surface area contributed by atoms with Gasteiger partial charge in [0.2, 0.25) is 0 Å². The maximum absolute atomic E-state index is 10.9. The number of nitro benzene ring substituents is 1. The summed E-state index contributed by atoms with van der Waals surface area (Å²) in [5.41, 5.74) is 8.75. The summed E-state index contributed by atoms with van der Waals surface area (Å²) in [6.45, 7) is 15.2. The average Bonchev–Trinajstić information content (AvgIpc) is 2.94. The molecule has 38 heavy (non-hydrogen) atoms. The van der Waals surface area contributed by atoms with Crippen molar-refractivity contribution in [2.45, 2.75) is 26.7 Å². The summed E-state index contributed by atoms with van der Waals surface area (Å²) >= 11 is 0. The Morgan fingerprint density at radius 2 is 1.21 bits per heavy atom. The molecule has 0 amide bonds. The third kappa shape index (κ3) is 7.88. The highest BCUT2D eigenvalue weighted by Gasteiger charge is 2.21. The van der Waals surface area contributed by atoms with Crippen LogP contribution in [0.3, 0.4) is 0 Å². The van der Waals surface area contributed by atoms with Gasteiger partial charge in [-0.3, -0.25) is 19.9 Å². The van der Waals surface area contributed by atoms with E-state index >= 15 is 0 Å². The van der Waals surface area contributed by atoms with Crippen LogP contribution in [0, 0.1) is 10.1 Å². The standard InChI is InChI=1S/C14H21N3O3.C14H23N3O/c1-3-6-15-7-9-16(10-8-15)12-4-5-13(17(18)19)14(11-12)20-2;1-3-6-16-7-9-17(10-8-16)12-4-5-13(15)14(11-12)18-2/h4-5,11H,3,6-10H2,1-2H3;4-5,11H,3,6-10,15H2,1-2H3. The molecule has 2 saturated heterocycles. The van der Waals surface area contributed by atoms with Crippen LogP contribution in [0.4, 0.5) is 22.7 Å². The summed E-state index contributed by atoms with van der Waals surface area (Å²) in [7, 11) is 3.12. The van der Waals surface area contributed by atoms with E-state index in [1.54, 1.807) is 19.2 Å². The first kappa shape index (κ1) is 29.3. The van der Waals surface area contributed by atoms with E-state index in [-0.39, 0.29) is 5.69 Å². The van der Waals surface area contributed by atoms with Crippen LogP contribution < -0.4 is 25.0 Å². The van der Waals surface area contributed by atoms with Crippen molar-refractivity contribution in [1.29, 1.82) is 0 Å². The van der Waals surface area contributed by atoms with Crippen LogP contribution in [-0.2, 0) is 0 Å². The molecule has 4 rings (SSSR count). The summed E-state index contributed by atoms with van der Waals surface area (Å²) in [4.78, 5) is 20.1. The number of hydrogen-bond acceptors (Lipinski definition) is 9. The van der Waals surface area contributed by atoms with Crippen molar-refractivity contribution in [2.75, 3.05) is 95.2 Å². The molecule has 0 radical (unpaired) electrons. The zero-order valence-electron chi connectivity index (χ0n) is 23.4. The second kappa shape index (κ2) is 14.6. The van der Waals surface area contributed by atoms with Crippen molar-refractivity contribution in [3.05, 3.63) is 46.5 Å². The lowest BCUT2D eigenvalue weighted by Crippen LogP contribution is -2.46. The minimum Gasteiger partial charge on any atom is -0.495 e. The molecule has 2 aliphatic heterocycles. The van der Waals surface area contributed by atoms with Crippen molar-refractivity contribution >= 4 is 22.7 Å². The first-order valence-electron chi connectivity index (χ1n) is 13.6. The molecule has 10 nitrogen and oxygen atoms in total. The number of nitrogens with two attached hydrogens (primary N) is 1. The molecule has 0 bridgehead atoms. The minimum absolute atomic E-state index is 0.0147. The van der Waals surface area contributed by atoms with Gasteiger partial charge >= 0.3 is 5.69 Å². The fraction of sp³-hybridized carbons (Fsp3) is 0.571. The van der Waals surface area contributed by atoms with Crippen molar-refractivity contribution in [3.63, 3.8) is 0 Å². The Kier molecular flexibility index (Phi) is 11.3. The van der Waals surface area contributed by atoms with Gasteiger partial charge in [0.05, 0.1) is 24.8 Å². The number of methoxy groups -OCH3 is 2. The number of piperazine rings is 2. The number of benzene rings is 2. The van der Waals surface area contributed by atoms with E-state index < -0.39 is 4.92 Å². The van der Waals surface area contributed by atoms with Crippen molar-refractivity contribution in [2.24, 2.45) is 0 Å². The minimum atomic E-state index is -0.415. The Bertz CT molecular complexity index is 1020. The highest BCUT2D eigenvalue weighted by molar-refractivity contribution is 5.62. The van der Waals surface area contributed by atoms with Crippen LogP contribution in [0.15, 0.2) is 36.4 Å². The number of hydrogen-bond donors (Lipinski definition) is 1. The molecule has 0 spiro atoms. The molecule has 0 aromatic heterocycles. The van der Waals surface area contributed by atoms with E-state index in [1.807, 2.05) is 12.1 Å². The van der Waals surface area contributed by atoms with Gasteiger partial charge in [-0.25, -0.2) is 0 Å². The van der Waals surface area contributed by atoms with Crippen LogP contribution >= 0.6 is 0 Å². The molecule has 0 saturated carbocycles. The Morgan fingerprint density at radius 3 is 1.63 bits per heavy atom. The second-order valence-corrected chi connectivity index (χ2v) is 9.70. The Labute approximate surface area is 227 Å². The topological polar surface area (TPSA) is 101 Å². The molecule has 210 valence electrons. The van der Waals surface area contributed by atoms with E-state index in [0.29, 0.717) is 11.4 Å². The number of nitrogen functional groups attached to an aromatic ring is 1. The molecule has 2 aliphatic rings. The molecule has 2 fully saturated rings. The van der Waals surface area contributed by atoms with Gasteiger partial charge in [0.25, 0.3) is 0 Å². The summed E-state index contributed by atoms with van der Waals surface area (Å²) in [5.74, 6) is 1.09. The molecular weight excluding hydrogens is 484 g/mol.